The number of aliphatic hydroxyl groups is 1. The highest BCUT2D eigenvalue weighted by atomic mass is 16.5. The van der Waals surface area contributed by atoms with E-state index < -0.39 is 30.1 Å². The van der Waals surface area contributed by atoms with Crippen LogP contribution in [0.5, 0.6) is 0 Å². The monoisotopic (exact) mass is 413 g/mol. The van der Waals surface area contributed by atoms with Crippen LogP contribution in [0.1, 0.15) is 23.1 Å². The van der Waals surface area contributed by atoms with E-state index in [2.05, 4.69) is 10.6 Å². The lowest BCUT2D eigenvalue weighted by Gasteiger charge is -2.17. The number of hydrogen-bond donors (Lipinski definition) is 4. The Morgan fingerprint density at radius 2 is 1.77 bits per heavy atom. The zero-order valence-electron chi connectivity index (χ0n) is 16.8. The highest BCUT2D eigenvalue weighted by Crippen LogP contribution is 2.07. The molecule has 0 aliphatic heterocycles. The fraction of sp³-hybridized carbons (Fsp3) is 0.318. The average Bonchev–Trinajstić information content (AvgIpc) is 2.71. The molecule has 2 rings (SSSR count). The first-order valence-electron chi connectivity index (χ1n) is 9.60. The first-order chi connectivity index (χ1) is 14.3. The Morgan fingerprint density at radius 1 is 1.07 bits per heavy atom. The van der Waals surface area contributed by atoms with Crippen molar-refractivity contribution in [3.63, 3.8) is 0 Å². The average molecular weight is 413 g/mol. The maximum atomic E-state index is 12.2. The molecule has 5 N–H and O–H groups in total. The van der Waals surface area contributed by atoms with E-state index in [1.54, 1.807) is 0 Å². The Hall–Kier alpha value is -3.39. The molecule has 8 heteroatoms. The molecule has 30 heavy (non-hydrogen) atoms. The minimum atomic E-state index is -1.14. The molecule has 3 amide bonds. The molecule has 2 atom stereocenters. The number of ether oxygens (including phenoxy) is 1. The van der Waals surface area contributed by atoms with E-state index in [0.717, 1.165) is 16.7 Å². The van der Waals surface area contributed by atoms with Gasteiger partial charge in [-0.3, -0.25) is 9.59 Å². The number of aliphatic hydroxyl groups excluding tert-OH is 1. The zero-order chi connectivity index (χ0) is 21.9. The van der Waals surface area contributed by atoms with Crippen LogP contribution in [-0.4, -0.2) is 41.7 Å². The number of primary amides is 1. The second kappa shape index (κ2) is 11.6. The smallest absolute Gasteiger partial charge is 0.407 e. The molecule has 0 spiro atoms. The lowest BCUT2D eigenvalue weighted by molar-refractivity contribution is -0.128. The van der Waals surface area contributed by atoms with Crippen LogP contribution in [0.25, 0.3) is 0 Å². The molecule has 160 valence electrons. The highest BCUT2D eigenvalue weighted by Gasteiger charge is 2.21. The first kappa shape index (κ1) is 22.9. The quantitative estimate of drug-likeness (QED) is 0.465. The Kier molecular flexibility index (Phi) is 8.83. The van der Waals surface area contributed by atoms with E-state index in [0.29, 0.717) is 0 Å². The molecule has 0 radical (unpaired) electrons. The van der Waals surface area contributed by atoms with Gasteiger partial charge in [-0.1, -0.05) is 60.2 Å². The summed E-state index contributed by atoms with van der Waals surface area (Å²) in [4.78, 5) is 35.5. The van der Waals surface area contributed by atoms with Gasteiger partial charge in [0.15, 0.2) is 0 Å². The molecule has 0 bridgehead atoms. The van der Waals surface area contributed by atoms with Crippen LogP contribution in [0.4, 0.5) is 4.79 Å². The number of nitrogens with one attached hydrogen (secondary N) is 2. The number of benzene rings is 2. The number of aryl methyl sites for hydroxylation is 1. The van der Waals surface area contributed by atoms with Gasteiger partial charge in [-0.15, -0.1) is 0 Å². The summed E-state index contributed by atoms with van der Waals surface area (Å²) >= 11 is 0. The number of nitrogens with two attached hydrogens (primary N) is 1. The molecular weight excluding hydrogens is 386 g/mol. The van der Waals surface area contributed by atoms with E-state index in [1.165, 1.54) is 0 Å². The zero-order valence-corrected chi connectivity index (χ0v) is 16.8. The largest absolute Gasteiger partial charge is 0.445 e. The first-order valence-corrected chi connectivity index (χ1v) is 9.60. The van der Waals surface area contributed by atoms with Crippen molar-refractivity contribution in [3.8, 4) is 0 Å². The van der Waals surface area contributed by atoms with Gasteiger partial charge in [-0.25, -0.2) is 4.79 Å². The molecular formula is C22H27N3O5. The summed E-state index contributed by atoms with van der Waals surface area (Å²) in [5.74, 6) is -1.21. The maximum Gasteiger partial charge on any atom is 0.407 e. The third-order valence-corrected chi connectivity index (χ3v) is 4.32. The third kappa shape index (κ3) is 8.32. The lowest BCUT2D eigenvalue weighted by Crippen LogP contribution is -2.47. The van der Waals surface area contributed by atoms with Crippen molar-refractivity contribution in [1.82, 2.24) is 10.6 Å². The van der Waals surface area contributed by atoms with Gasteiger partial charge < -0.3 is 26.2 Å². The SMILES string of the molecule is Cc1cccc(C[C@@H](NC(=O)C[C@H](O)CNC(=O)OCc2ccccc2)C(N)=O)c1. The third-order valence-electron chi connectivity index (χ3n) is 4.32. The van der Waals surface area contributed by atoms with Crippen molar-refractivity contribution in [2.24, 2.45) is 5.73 Å². The molecule has 2 aromatic carbocycles. The topological polar surface area (TPSA) is 131 Å². The van der Waals surface area contributed by atoms with Crippen LogP contribution < -0.4 is 16.4 Å². The van der Waals surface area contributed by atoms with Gasteiger partial charge in [0.25, 0.3) is 0 Å². The van der Waals surface area contributed by atoms with Crippen molar-refractivity contribution in [1.29, 1.82) is 0 Å². The minimum absolute atomic E-state index is 0.0997. The number of rotatable bonds is 10. The van der Waals surface area contributed by atoms with E-state index in [1.807, 2.05) is 61.5 Å². The molecule has 0 aliphatic rings. The minimum Gasteiger partial charge on any atom is -0.445 e. The predicted octanol–water partition coefficient (Wildman–Crippen LogP) is 1.19. The second-order valence-corrected chi connectivity index (χ2v) is 7.02. The fourth-order valence-electron chi connectivity index (χ4n) is 2.81. The van der Waals surface area contributed by atoms with Crippen molar-refractivity contribution < 1.29 is 24.2 Å². The Labute approximate surface area is 175 Å². The number of carbonyl (C=O) groups excluding carboxylic acids is 3. The molecule has 0 unspecified atom stereocenters. The predicted molar refractivity (Wildman–Crippen MR) is 111 cm³/mol. The molecule has 0 aromatic heterocycles. The number of alkyl carbamates (subject to hydrolysis) is 1. The Balaban J connectivity index is 1.73. The van der Waals surface area contributed by atoms with E-state index in [4.69, 9.17) is 10.5 Å². The van der Waals surface area contributed by atoms with Crippen LogP contribution in [0.2, 0.25) is 0 Å². The van der Waals surface area contributed by atoms with Crippen LogP contribution in [0.3, 0.4) is 0 Å². The molecule has 0 aliphatic carbocycles. The van der Waals surface area contributed by atoms with E-state index in [9.17, 15) is 19.5 Å². The number of carbonyl (C=O) groups is 3. The summed E-state index contributed by atoms with van der Waals surface area (Å²) in [5, 5.41) is 14.9. The van der Waals surface area contributed by atoms with Gasteiger partial charge in [0.05, 0.1) is 12.5 Å². The van der Waals surface area contributed by atoms with E-state index in [-0.39, 0.29) is 26.0 Å². The summed E-state index contributed by atoms with van der Waals surface area (Å²) in [5.41, 5.74) is 8.12. The van der Waals surface area contributed by atoms with Crippen molar-refractivity contribution in [2.45, 2.75) is 38.5 Å². The van der Waals surface area contributed by atoms with Crippen molar-refractivity contribution in [3.05, 3.63) is 71.3 Å². The maximum absolute atomic E-state index is 12.2. The molecule has 0 fully saturated rings. The summed E-state index contributed by atoms with van der Waals surface area (Å²) in [6.45, 7) is 1.86. The van der Waals surface area contributed by atoms with Crippen LogP contribution >= 0.6 is 0 Å². The normalized spacial score (nSPS) is 12.5. The molecule has 0 heterocycles. The summed E-state index contributed by atoms with van der Waals surface area (Å²) < 4.78 is 5.03. The van der Waals surface area contributed by atoms with Gasteiger partial charge in [0, 0.05) is 13.0 Å². The Bertz CT molecular complexity index is 857. The van der Waals surface area contributed by atoms with Crippen molar-refractivity contribution in [2.75, 3.05) is 6.54 Å². The Morgan fingerprint density at radius 3 is 2.43 bits per heavy atom. The molecule has 8 nitrogen and oxygen atoms in total. The van der Waals surface area contributed by atoms with Crippen molar-refractivity contribution >= 4 is 17.9 Å². The van der Waals surface area contributed by atoms with Gasteiger partial charge in [0.1, 0.15) is 12.6 Å². The molecule has 0 saturated carbocycles. The second-order valence-electron chi connectivity index (χ2n) is 7.02. The van der Waals surface area contributed by atoms with Gasteiger partial charge in [-0.05, 0) is 18.1 Å². The summed E-state index contributed by atoms with van der Waals surface area (Å²) in [6.07, 6.45) is -1.88. The number of hydrogen-bond acceptors (Lipinski definition) is 5. The van der Waals surface area contributed by atoms with E-state index >= 15 is 0 Å². The fourth-order valence-corrected chi connectivity index (χ4v) is 2.81. The van der Waals surface area contributed by atoms with Crippen LogP contribution in [0, 0.1) is 6.92 Å². The standard InChI is InChI=1S/C22H27N3O5/c1-15-6-5-9-17(10-15)11-19(21(23)28)25-20(27)12-18(26)13-24-22(29)30-14-16-7-3-2-4-8-16/h2-10,18-19,26H,11-14H2,1H3,(H2,23,28)(H,24,29)(H,25,27)/t18-,19+/m0/s1. The molecule has 0 saturated heterocycles. The summed E-state index contributed by atoms with van der Waals surface area (Å²) in [7, 11) is 0. The van der Waals surface area contributed by atoms with Crippen LogP contribution in [0.15, 0.2) is 54.6 Å². The highest BCUT2D eigenvalue weighted by molar-refractivity contribution is 5.87. The van der Waals surface area contributed by atoms with Gasteiger partial charge in [0.2, 0.25) is 11.8 Å². The molecule has 2 aromatic rings. The van der Waals surface area contributed by atoms with Gasteiger partial charge in [-0.2, -0.15) is 0 Å². The van der Waals surface area contributed by atoms with Crippen LogP contribution in [-0.2, 0) is 27.4 Å². The summed E-state index contributed by atoms with van der Waals surface area (Å²) in [6, 6.07) is 15.8. The lowest BCUT2D eigenvalue weighted by atomic mass is 10.0. The van der Waals surface area contributed by atoms with Gasteiger partial charge >= 0.3 is 6.09 Å². The number of amides is 3.